The second-order valence-corrected chi connectivity index (χ2v) is 6.30. The zero-order chi connectivity index (χ0) is 18.9. The number of nitrogens with one attached hydrogen (secondary N) is 1. The minimum Gasteiger partial charge on any atom is -0.491 e. The Morgan fingerprint density at radius 1 is 1.15 bits per heavy atom. The van der Waals surface area contributed by atoms with Crippen LogP contribution in [-0.4, -0.2) is 32.3 Å². The number of hydrogen-bond donors (Lipinski definition) is 1. The first-order chi connectivity index (χ1) is 12.5. The second kappa shape index (κ2) is 10.3. The lowest BCUT2D eigenvalue weighted by Crippen LogP contribution is -2.35. The van der Waals surface area contributed by atoms with E-state index in [0.717, 1.165) is 11.3 Å². The molecule has 2 aromatic carbocycles. The highest BCUT2D eigenvalue weighted by Crippen LogP contribution is 2.32. The van der Waals surface area contributed by atoms with Gasteiger partial charge in [0.15, 0.2) is 6.10 Å². The number of ether oxygens (including phenoxy) is 3. The van der Waals surface area contributed by atoms with Gasteiger partial charge in [0, 0.05) is 13.7 Å². The summed E-state index contributed by atoms with van der Waals surface area (Å²) in [6.45, 7) is 2.99. The molecule has 1 atom stereocenters. The van der Waals surface area contributed by atoms with E-state index < -0.39 is 6.10 Å². The summed E-state index contributed by atoms with van der Waals surface area (Å²) in [6.07, 6.45) is -0.716. The molecule has 1 unspecified atom stereocenters. The van der Waals surface area contributed by atoms with E-state index in [0.29, 0.717) is 30.5 Å². The molecule has 2 aromatic rings. The van der Waals surface area contributed by atoms with E-state index in [1.807, 2.05) is 24.3 Å². The van der Waals surface area contributed by atoms with Crippen LogP contribution in [0.5, 0.6) is 11.5 Å². The maximum atomic E-state index is 12.3. The average molecular weight is 398 g/mol. The van der Waals surface area contributed by atoms with Crippen molar-refractivity contribution < 1.29 is 19.0 Å². The largest absolute Gasteiger partial charge is 0.491 e. The Kier molecular flexibility index (Phi) is 8.04. The lowest BCUT2D eigenvalue weighted by Gasteiger charge is -2.16. The Hall–Kier alpha value is -1.95. The third kappa shape index (κ3) is 6.09. The van der Waals surface area contributed by atoms with Crippen molar-refractivity contribution in [1.29, 1.82) is 0 Å². The third-order valence-electron chi connectivity index (χ3n) is 3.51. The zero-order valence-electron chi connectivity index (χ0n) is 14.6. The van der Waals surface area contributed by atoms with Gasteiger partial charge in [0.2, 0.25) is 0 Å². The number of carbonyl (C=O) groups excluding carboxylic acids is 1. The van der Waals surface area contributed by atoms with Gasteiger partial charge >= 0.3 is 0 Å². The SMILES string of the molecule is COCCOc1cccc(CNC(=O)C(C)Oc2cccc(Cl)c2Cl)c1. The van der Waals surface area contributed by atoms with Crippen LogP contribution in [0.25, 0.3) is 0 Å². The van der Waals surface area contributed by atoms with Crippen molar-refractivity contribution in [1.82, 2.24) is 5.32 Å². The average Bonchev–Trinajstić information content (AvgIpc) is 2.64. The van der Waals surface area contributed by atoms with Gasteiger partial charge in [-0.25, -0.2) is 0 Å². The summed E-state index contributed by atoms with van der Waals surface area (Å²) in [6, 6.07) is 12.5. The normalized spacial score (nSPS) is 11.7. The van der Waals surface area contributed by atoms with Gasteiger partial charge in [-0.1, -0.05) is 41.4 Å². The van der Waals surface area contributed by atoms with Crippen molar-refractivity contribution in [3.63, 3.8) is 0 Å². The number of rotatable bonds is 9. The van der Waals surface area contributed by atoms with E-state index in [9.17, 15) is 4.79 Å². The van der Waals surface area contributed by atoms with Crippen LogP contribution in [0.3, 0.4) is 0 Å². The van der Waals surface area contributed by atoms with Gasteiger partial charge in [0.05, 0.1) is 11.6 Å². The standard InChI is InChI=1S/C19H21Cl2NO4/c1-13(26-17-8-4-7-16(20)18(17)21)19(23)22-12-14-5-3-6-15(11-14)25-10-9-24-2/h3-8,11,13H,9-10,12H2,1-2H3,(H,22,23). The first-order valence-electron chi connectivity index (χ1n) is 8.10. The molecule has 0 heterocycles. The summed E-state index contributed by atoms with van der Waals surface area (Å²) >= 11 is 12.0. The molecule has 7 heteroatoms. The van der Waals surface area contributed by atoms with E-state index >= 15 is 0 Å². The topological polar surface area (TPSA) is 56.8 Å². The van der Waals surface area contributed by atoms with Crippen molar-refractivity contribution in [2.24, 2.45) is 0 Å². The number of amides is 1. The van der Waals surface area contributed by atoms with Crippen LogP contribution in [0.15, 0.2) is 42.5 Å². The van der Waals surface area contributed by atoms with Crippen LogP contribution >= 0.6 is 23.2 Å². The molecule has 1 amide bonds. The maximum Gasteiger partial charge on any atom is 0.261 e. The molecule has 26 heavy (non-hydrogen) atoms. The summed E-state index contributed by atoms with van der Waals surface area (Å²) < 4.78 is 16.1. The molecule has 0 aliphatic rings. The molecule has 1 N–H and O–H groups in total. The van der Waals surface area contributed by atoms with E-state index in [2.05, 4.69) is 5.32 Å². The van der Waals surface area contributed by atoms with Crippen LogP contribution in [-0.2, 0) is 16.1 Å². The number of hydrogen-bond acceptors (Lipinski definition) is 4. The predicted octanol–water partition coefficient (Wildman–Crippen LogP) is 4.10. The molecule has 0 spiro atoms. The van der Waals surface area contributed by atoms with E-state index in [-0.39, 0.29) is 10.9 Å². The first kappa shape index (κ1) is 20.4. The highest BCUT2D eigenvalue weighted by Gasteiger charge is 2.16. The van der Waals surface area contributed by atoms with Gasteiger partial charge in [-0.3, -0.25) is 4.79 Å². The molecule has 0 fully saturated rings. The molecule has 0 aliphatic heterocycles. The van der Waals surface area contributed by atoms with Gasteiger partial charge in [-0.15, -0.1) is 0 Å². The maximum absolute atomic E-state index is 12.3. The van der Waals surface area contributed by atoms with Crippen molar-refractivity contribution in [2.45, 2.75) is 19.6 Å². The van der Waals surface area contributed by atoms with Gasteiger partial charge < -0.3 is 19.5 Å². The van der Waals surface area contributed by atoms with Gasteiger partial charge in [0.1, 0.15) is 23.1 Å². The molecule has 2 rings (SSSR count). The smallest absolute Gasteiger partial charge is 0.261 e. The van der Waals surface area contributed by atoms with Crippen LogP contribution in [0.2, 0.25) is 10.0 Å². The van der Waals surface area contributed by atoms with Gasteiger partial charge in [-0.2, -0.15) is 0 Å². The van der Waals surface area contributed by atoms with Crippen molar-refractivity contribution in [3.8, 4) is 11.5 Å². The molecule has 0 bridgehead atoms. The molecule has 5 nitrogen and oxygen atoms in total. The number of halogens is 2. The second-order valence-electron chi connectivity index (χ2n) is 5.52. The van der Waals surface area contributed by atoms with Crippen molar-refractivity contribution >= 4 is 29.1 Å². The Labute approximate surface area is 163 Å². The lowest BCUT2D eigenvalue weighted by molar-refractivity contribution is -0.127. The molecular weight excluding hydrogens is 377 g/mol. The van der Waals surface area contributed by atoms with Gasteiger partial charge in [0.25, 0.3) is 5.91 Å². The highest BCUT2D eigenvalue weighted by atomic mass is 35.5. The van der Waals surface area contributed by atoms with E-state index in [4.69, 9.17) is 37.4 Å². The summed E-state index contributed by atoms with van der Waals surface area (Å²) in [5.41, 5.74) is 0.918. The molecular formula is C19H21Cl2NO4. The Balaban J connectivity index is 1.87. The van der Waals surface area contributed by atoms with Crippen LogP contribution in [0.4, 0.5) is 0 Å². The van der Waals surface area contributed by atoms with Crippen LogP contribution in [0, 0.1) is 0 Å². The minimum absolute atomic E-state index is 0.258. The summed E-state index contributed by atoms with van der Waals surface area (Å²) in [5, 5.41) is 3.49. The summed E-state index contributed by atoms with van der Waals surface area (Å²) in [5.74, 6) is 0.839. The molecule has 0 saturated carbocycles. The van der Waals surface area contributed by atoms with Crippen molar-refractivity contribution in [3.05, 3.63) is 58.1 Å². The monoisotopic (exact) mass is 397 g/mol. The molecule has 0 aromatic heterocycles. The quantitative estimate of drug-likeness (QED) is 0.647. The van der Waals surface area contributed by atoms with Crippen LogP contribution in [0.1, 0.15) is 12.5 Å². The molecule has 0 saturated heterocycles. The lowest BCUT2D eigenvalue weighted by atomic mass is 10.2. The fourth-order valence-corrected chi connectivity index (χ4v) is 2.48. The fourth-order valence-electron chi connectivity index (χ4n) is 2.14. The summed E-state index contributed by atoms with van der Waals surface area (Å²) in [4.78, 5) is 12.3. The highest BCUT2D eigenvalue weighted by molar-refractivity contribution is 6.42. The third-order valence-corrected chi connectivity index (χ3v) is 4.31. The first-order valence-corrected chi connectivity index (χ1v) is 8.86. The fraction of sp³-hybridized carbons (Fsp3) is 0.316. The van der Waals surface area contributed by atoms with Gasteiger partial charge in [-0.05, 0) is 36.8 Å². The minimum atomic E-state index is -0.716. The summed E-state index contributed by atoms with van der Waals surface area (Å²) in [7, 11) is 1.62. The Morgan fingerprint density at radius 3 is 2.69 bits per heavy atom. The number of carbonyl (C=O) groups is 1. The molecule has 0 radical (unpaired) electrons. The Morgan fingerprint density at radius 2 is 1.92 bits per heavy atom. The molecule has 140 valence electrons. The van der Waals surface area contributed by atoms with E-state index in [1.165, 1.54) is 0 Å². The van der Waals surface area contributed by atoms with E-state index in [1.54, 1.807) is 32.2 Å². The number of methoxy groups -OCH3 is 1. The predicted molar refractivity (Wildman–Crippen MR) is 102 cm³/mol. The van der Waals surface area contributed by atoms with Crippen molar-refractivity contribution in [2.75, 3.05) is 20.3 Å². The number of benzene rings is 2. The Bertz CT molecular complexity index is 739. The van der Waals surface area contributed by atoms with Crippen LogP contribution < -0.4 is 14.8 Å². The molecule has 0 aliphatic carbocycles. The zero-order valence-corrected chi connectivity index (χ0v) is 16.1.